The molecule has 2 aromatic rings. The summed E-state index contributed by atoms with van der Waals surface area (Å²) in [5.41, 5.74) is 0.870. The largest absolute Gasteiger partial charge is 0.497 e. The molecule has 11 heteroatoms. The monoisotopic (exact) mass is 495 g/mol. The molecule has 0 bridgehead atoms. The number of hydrogen-bond acceptors (Lipinski definition) is 6. The molecule has 1 saturated heterocycles. The summed E-state index contributed by atoms with van der Waals surface area (Å²) in [6.07, 6.45) is 2.66. The van der Waals surface area contributed by atoms with E-state index in [0.717, 1.165) is 19.3 Å². The SMILES string of the molecule is COc1ccc(S(=O)(=O)NCCNC(=O)c2cc(S(=O)(=O)N3CCCCC3)ccc2C)cc1. The molecule has 1 aliphatic heterocycles. The van der Waals surface area contributed by atoms with Crippen LogP contribution in [-0.2, 0) is 20.0 Å². The van der Waals surface area contributed by atoms with E-state index in [1.165, 1.54) is 35.7 Å². The molecule has 0 aromatic heterocycles. The average Bonchev–Trinajstić information content (AvgIpc) is 2.82. The van der Waals surface area contributed by atoms with E-state index in [1.807, 2.05) is 0 Å². The summed E-state index contributed by atoms with van der Waals surface area (Å²) in [7, 11) is -5.91. The standard InChI is InChI=1S/C22H29N3O6S2/c1-17-6-9-20(33(29,30)25-14-4-3-5-15-25)16-21(17)22(26)23-12-13-24-32(27,28)19-10-7-18(31-2)8-11-19/h6-11,16,24H,3-5,12-15H2,1-2H3,(H,23,26). The Morgan fingerprint density at radius 2 is 1.58 bits per heavy atom. The molecule has 0 unspecified atom stereocenters. The van der Waals surface area contributed by atoms with Gasteiger partial charge in [-0.1, -0.05) is 12.5 Å². The number of rotatable bonds is 9. The first-order chi connectivity index (χ1) is 15.6. The Morgan fingerprint density at radius 3 is 2.21 bits per heavy atom. The number of sulfonamides is 2. The molecule has 1 aliphatic rings. The lowest BCUT2D eigenvalue weighted by Crippen LogP contribution is -2.36. The molecule has 33 heavy (non-hydrogen) atoms. The van der Waals surface area contributed by atoms with Crippen molar-refractivity contribution in [1.82, 2.24) is 14.3 Å². The van der Waals surface area contributed by atoms with Crippen molar-refractivity contribution in [2.24, 2.45) is 0 Å². The number of benzene rings is 2. The van der Waals surface area contributed by atoms with Gasteiger partial charge in [0.1, 0.15) is 5.75 Å². The van der Waals surface area contributed by atoms with Crippen LogP contribution in [0.2, 0.25) is 0 Å². The highest BCUT2D eigenvalue weighted by Gasteiger charge is 2.27. The number of amides is 1. The summed E-state index contributed by atoms with van der Waals surface area (Å²) >= 11 is 0. The van der Waals surface area contributed by atoms with E-state index in [-0.39, 0.29) is 28.4 Å². The van der Waals surface area contributed by atoms with Crippen molar-refractivity contribution in [2.75, 3.05) is 33.3 Å². The summed E-state index contributed by atoms with van der Waals surface area (Å²) in [6, 6.07) is 10.5. The molecule has 1 fully saturated rings. The minimum absolute atomic E-state index is 0.0229. The number of methoxy groups -OCH3 is 1. The van der Waals surface area contributed by atoms with Crippen LogP contribution in [0.4, 0.5) is 0 Å². The topological polar surface area (TPSA) is 122 Å². The lowest BCUT2D eigenvalue weighted by molar-refractivity contribution is 0.0953. The van der Waals surface area contributed by atoms with Crippen LogP contribution in [0.25, 0.3) is 0 Å². The number of ether oxygens (including phenoxy) is 1. The summed E-state index contributed by atoms with van der Waals surface area (Å²) in [6.45, 7) is 2.69. The van der Waals surface area contributed by atoms with Gasteiger partial charge >= 0.3 is 0 Å². The van der Waals surface area contributed by atoms with Crippen LogP contribution in [0.15, 0.2) is 52.3 Å². The zero-order valence-corrected chi connectivity index (χ0v) is 20.3. The van der Waals surface area contributed by atoms with Gasteiger partial charge in [0.05, 0.1) is 16.9 Å². The van der Waals surface area contributed by atoms with Gasteiger partial charge in [0.15, 0.2) is 0 Å². The van der Waals surface area contributed by atoms with Crippen molar-refractivity contribution in [3.05, 3.63) is 53.6 Å². The first-order valence-electron chi connectivity index (χ1n) is 10.7. The number of nitrogens with zero attached hydrogens (tertiary/aromatic N) is 1. The van der Waals surface area contributed by atoms with Crippen LogP contribution < -0.4 is 14.8 Å². The molecule has 3 rings (SSSR count). The summed E-state index contributed by atoms with van der Waals surface area (Å²) in [5.74, 6) is 0.0768. The highest BCUT2D eigenvalue weighted by Crippen LogP contribution is 2.23. The van der Waals surface area contributed by atoms with Crippen molar-refractivity contribution in [1.29, 1.82) is 0 Å². The van der Waals surface area contributed by atoms with Crippen LogP contribution in [0.3, 0.4) is 0 Å². The van der Waals surface area contributed by atoms with Crippen molar-refractivity contribution in [3.8, 4) is 5.75 Å². The van der Waals surface area contributed by atoms with E-state index in [1.54, 1.807) is 25.1 Å². The lowest BCUT2D eigenvalue weighted by atomic mass is 10.1. The lowest BCUT2D eigenvalue weighted by Gasteiger charge is -2.26. The molecule has 0 radical (unpaired) electrons. The fourth-order valence-corrected chi connectivity index (χ4v) is 6.13. The summed E-state index contributed by atoms with van der Waals surface area (Å²) < 4.78 is 59.5. The van der Waals surface area contributed by atoms with E-state index in [2.05, 4.69) is 10.0 Å². The first kappa shape index (κ1) is 25.2. The van der Waals surface area contributed by atoms with Crippen LogP contribution >= 0.6 is 0 Å². The molecule has 2 N–H and O–H groups in total. The Morgan fingerprint density at radius 1 is 0.939 bits per heavy atom. The number of nitrogens with one attached hydrogen (secondary N) is 2. The predicted molar refractivity (Wildman–Crippen MR) is 124 cm³/mol. The van der Waals surface area contributed by atoms with E-state index >= 15 is 0 Å². The van der Waals surface area contributed by atoms with Gasteiger partial charge in [0.25, 0.3) is 5.91 Å². The molecule has 0 atom stereocenters. The second kappa shape index (κ2) is 10.6. The molecule has 2 aromatic carbocycles. The van der Waals surface area contributed by atoms with Gasteiger partial charge in [-0.05, 0) is 61.7 Å². The Bertz CT molecular complexity index is 1190. The molecule has 180 valence electrons. The zero-order valence-electron chi connectivity index (χ0n) is 18.7. The number of aryl methyl sites for hydroxylation is 1. The maximum atomic E-state index is 12.9. The van der Waals surface area contributed by atoms with Gasteiger partial charge in [-0.25, -0.2) is 21.6 Å². The summed E-state index contributed by atoms with van der Waals surface area (Å²) in [4.78, 5) is 12.8. The normalized spacial score (nSPS) is 15.2. The number of hydrogen-bond donors (Lipinski definition) is 2. The second-order valence-electron chi connectivity index (χ2n) is 7.77. The third-order valence-corrected chi connectivity index (χ3v) is 8.85. The average molecular weight is 496 g/mol. The molecule has 0 spiro atoms. The van der Waals surface area contributed by atoms with Crippen molar-refractivity contribution >= 4 is 26.0 Å². The van der Waals surface area contributed by atoms with Gasteiger partial charge in [0, 0.05) is 31.7 Å². The van der Waals surface area contributed by atoms with Gasteiger partial charge in [-0.15, -0.1) is 0 Å². The molecule has 9 nitrogen and oxygen atoms in total. The minimum Gasteiger partial charge on any atom is -0.497 e. The number of carbonyl (C=O) groups is 1. The van der Waals surface area contributed by atoms with Crippen molar-refractivity contribution < 1.29 is 26.4 Å². The van der Waals surface area contributed by atoms with Crippen molar-refractivity contribution in [2.45, 2.75) is 36.0 Å². The van der Waals surface area contributed by atoms with Crippen LogP contribution in [0.5, 0.6) is 5.75 Å². The van der Waals surface area contributed by atoms with Crippen LogP contribution in [-0.4, -0.2) is 60.3 Å². The minimum atomic E-state index is -3.74. The van der Waals surface area contributed by atoms with Gasteiger partial charge < -0.3 is 10.1 Å². The highest BCUT2D eigenvalue weighted by atomic mass is 32.2. The Kier molecular flexibility index (Phi) is 8.11. The van der Waals surface area contributed by atoms with E-state index in [0.29, 0.717) is 24.4 Å². The van der Waals surface area contributed by atoms with E-state index in [9.17, 15) is 21.6 Å². The number of piperidine rings is 1. The maximum Gasteiger partial charge on any atom is 0.251 e. The molecule has 0 aliphatic carbocycles. The third-order valence-electron chi connectivity index (χ3n) is 5.48. The second-order valence-corrected chi connectivity index (χ2v) is 11.5. The Labute approximate surface area is 195 Å². The fraction of sp³-hybridized carbons (Fsp3) is 0.409. The van der Waals surface area contributed by atoms with Gasteiger partial charge in [-0.2, -0.15) is 4.31 Å². The maximum absolute atomic E-state index is 12.9. The van der Waals surface area contributed by atoms with E-state index in [4.69, 9.17) is 4.74 Å². The third kappa shape index (κ3) is 6.11. The zero-order chi connectivity index (χ0) is 24.1. The van der Waals surface area contributed by atoms with E-state index < -0.39 is 26.0 Å². The molecule has 1 heterocycles. The smallest absolute Gasteiger partial charge is 0.251 e. The quantitative estimate of drug-likeness (QED) is 0.513. The molecular weight excluding hydrogens is 466 g/mol. The Hall–Kier alpha value is -2.47. The summed E-state index contributed by atoms with van der Waals surface area (Å²) in [5, 5.41) is 2.65. The van der Waals surface area contributed by atoms with Crippen LogP contribution in [0, 0.1) is 6.92 Å². The molecular formula is C22H29N3O6S2. The fourth-order valence-electron chi connectivity index (χ4n) is 3.56. The molecule has 0 saturated carbocycles. The highest BCUT2D eigenvalue weighted by molar-refractivity contribution is 7.89. The number of carbonyl (C=O) groups excluding carboxylic acids is 1. The van der Waals surface area contributed by atoms with Gasteiger partial charge in [0.2, 0.25) is 20.0 Å². The van der Waals surface area contributed by atoms with Crippen molar-refractivity contribution in [3.63, 3.8) is 0 Å². The van der Waals surface area contributed by atoms with Crippen LogP contribution in [0.1, 0.15) is 35.2 Å². The van der Waals surface area contributed by atoms with Gasteiger partial charge in [-0.3, -0.25) is 4.79 Å². The Balaban J connectivity index is 1.61. The predicted octanol–water partition coefficient (Wildman–Crippen LogP) is 1.89. The molecule has 1 amide bonds. The first-order valence-corrected chi connectivity index (χ1v) is 13.6.